The van der Waals surface area contributed by atoms with Gasteiger partial charge in [-0.05, 0) is 65.2 Å². The van der Waals surface area contributed by atoms with Gasteiger partial charge in [0, 0.05) is 26.7 Å². The minimum atomic E-state index is -0.591. The SMILES string of the molecule is Cc1ccc(Cl)c(Oc2cc(Cl)cc(Br)c2Cl)c1F.Cc1ccc(Cl)c(Oc2cc(Cl)cc(C#N)c2Cl)c1F. The van der Waals surface area contributed by atoms with Crippen molar-refractivity contribution in [1.29, 1.82) is 5.26 Å². The quantitative estimate of drug-likeness (QED) is 0.198. The van der Waals surface area contributed by atoms with E-state index >= 15 is 0 Å². The minimum Gasteiger partial charge on any atom is -0.451 e. The lowest BCUT2D eigenvalue weighted by Gasteiger charge is -2.12. The second-order valence-electron chi connectivity index (χ2n) is 7.80. The van der Waals surface area contributed by atoms with E-state index in [0.29, 0.717) is 25.6 Å². The molecule has 0 amide bonds. The van der Waals surface area contributed by atoms with Crippen LogP contribution in [0.2, 0.25) is 30.1 Å². The van der Waals surface area contributed by atoms with Crippen LogP contribution < -0.4 is 9.47 Å². The van der Waals surface area contributed by atoms with Gasteiger partial charge in [0.05, 0.1) is 20.6 Å². The third kappa shape index (κ3) is 7.62. The molecule has 0 aliphatic rings. The van der Waals surface area contributed by atoms with E-state index in [1.165, 1.54) is 30.3 Å². The number of nitrogens with zero attached hydrogens (tertiary/aromatic N) is 1. The summed E-state index contributed by atoms with van der Waals surface area (Å²) in [5, 5.41) is 10.2. The lowest BCUT2D eigenvalue weighted by atomic mass is 10.2. The molecule has 39 heavy (non-hydrogen) atoms. The van der Waals surface area contributed by atoms with Crippen molar-refractivity contribution in [3.05, 3.63) is 111 Å². The van der Waals surface area contributed by atoms with Gasteiger partial charge < -0.3 is 9.47 Å². The van der Waals surface area contributed by atoms with E-state index in [9.17, 15) is 8.78 Å². The van der Waals surface area contributed by atoms with Crippen LogP contribution in [0.15, 0.2) is 53.0 Å². The number of hydrogen-bond acceptors (Lipinski definition) is 3. The van der Waals surface area contributed by atoms with Crippen LogP contribution in [0.3, 0.4) is 0 Å². The Labute approximate surface area is 261 Å². The summed E-state index contributed by atoms with van der Waals surface area (Å²) in [5.74, 6) is -1.04. The molecule has 0 atom stereocenters. The summed E-state index contributed by atoms with van der Waals surface area (Å²) >= 11 is 38.9. The minimum absolute atomic E-state index is 0.0499. The topological polar surface area (TPSA) is 42.2 Å². The van der Waals surface area contributed by atoms with Gasteiger partial charge >= 0.3 is 0 Å². The zero-order chi connectivity index (χ0) is 29.0. The first kappa shape index (κ1) is 31.6. The van der Waals surface area contributed by atoms with E-state index in [4.69, 9.17) is 84.3 Å². The molecule has 0 saturated carbocycles. The van der Waals surface area contributed by atoms with Crippen molar-refractivity contribution in [3.8, 4) is 29.1 Å². The monoisotopic (exact) mass is 711 g/mol. The Morgan fingerprint density at radius 2 is 1.13 bits per heavy atom. The molecule has 0 spiro atoms. The van der Waals surface area contributed by atoms with Gasteiger partial charge in [0.15, 0.2) is 23.1 Å². The van der Waals surface area contributed by atoms with Crippen molar-refractivity contribution in [2.45, 2.75) is 13.8 Å². The van der Waals surface area contributed by atoms with E-state index in [2.05, 4.69) is 15.9 Å². The first-order valence-corrected chi connectivity index (χ1v) is 13.7. The Morgan fingerprint density at radius 3 is 1.59 bits per heavy atom. The smallest absolute Gasteiger partial charge is 0.181 e. The number of rotatable bonds is 4. The average Bonchev–Trinajstić information content (AvgIpc) is 2.89. The highest BCUT2D eigenvalue weighted by Crippen LogP contribution is 2.41. The molecule has 3 nitrogen and oxygen atoms in total. The average molecular weight is 715 g/mol. The highest BCUT2D eigenvalue weighted by molar-refractivity contribution is 9.10. The standard InChI is InChI=1S/C14H7Cl3FNO.C13H7BrCl3FO/c1-7-2-3-10(16)14(13(7)18)20-11-5-9(15)4-8(6-19)12(11)17;1-6-2-3-9(16)13(12(6)18)19-10-5-7(15)4-8(14)11(10)17/h2-5H,1H3;2-5H,1H3. The van der Waals surface area contributed by atoms with Crippen LogP contribution in [0.5, 0.6) is 23.0 Å². The van der Waals surface area contributed by atoms with E-state index in [-0.39, 0.29) is 48.7 Å². The van der Waals surface area contributed by atoms with Crippen LogP contribution in [-0.4, -0.2) is 0 Å². The van der Waals surface area contributed by atoms with Gasteiger partial charge in [-0.25, -0.2) is 8.78 Å². The molecule has 0 N–H and O–H groups in total. The van der Waals surface area contributed by atoms with Crippen molar-refractivity contribution >= 4 is 85.5 Å². The summed E-state index contributed by atoms with van der Waals surface area (Å²) in [6.07, 6.45) is 0. The number of hydrogen-bond donors (Lipinski definition) is 0. The Bertz CT molecular complexity index is 1610. The summed E-state index contributed by atoms with van der Waals surface area (Å²) in [6.45, 7) is 3.20. The summed E-state index contributed by atoms with van der Waals surface area (Å²) in [5.41, 5.74) is 0.943. The zero-order valence-electron chi connectivity index (χ0n) is 19.8. The summed E-state index contributed by atoms with van der Waals surface area (Å²) in [7, 11) is 0. The fourth-order valence-corrected chi connectivity index (χ4v) is 4.69. The van der Waals surface area contributed by atoms with Crippen LogP contribution in [0.4, 0.5) is 8.78 Å². The zero-order valence-corrected chi connectivity index (χ0v) is 25.9. The predicted octanol–water partition coefficient (Wildman–Crippen LogP) is 12.4. The van der Waals surface area contributed by atoms with Gasteiger partial charge in [-0.15, -0.1) is 0 Å². The van der Waals surface area contributed by atoms with E-state index < -0.39 is 11.6 Å². The Balaban J connectivity index is 0.000000216. The first-order chi connectivity index (χ1) is 18.3. The lowest BCUT2D eigenvalue weighted by Crippen LogP contribution is -1.94. The molecule has 0 saturated heterocycles. The molecule has 0 bridgehead atoms. The van der Waals surface area contributed by atoms with Crippen molar-refractivity contribution in [2.24, 2.45) is 0 Å². The molecule has 4 aromatic rings. The van der Waals surface area contributed by atoms with Gasteiger partial charge in [0.25, 0.3) is 0 Å². The van der Waals surface area contributed by atoms with Gasteiger partial charge in [-0.1, -0.05) is 81.7 Å². The van der Waals surface area contributed by atoms with Gasteiger partial charge in [0.1, 0.15) is 22.6 Å². The molecule has 4 aromatic carbocycles. The Kier molecular flexibility index (Phi) is 11.0. The molecule has 4 rings (SSSR count). The highest BCUT2D eigenvalue weighted by Gasteiger charge is 2.18. The lowest BCUT2D eigenvalue weighted by molar-refractivity contribution is 0.440. The molecule has 0 aliphatic carbocycles. The number of ether oxygens (including phenoxy) is 2. The van der Waals surface area contributed by atoms with Gasteiger partial charge in [-0.3, -0.25) is 0 Å². The fourth-order valence-electron chi connectivity index (χ4n) is 3.00. The number of halogens is 9. The molecular formula is C27H14BrCl6F2NO2. The predicted molar refractivity (Wildman–Crippen MR) is 158 cm³/mol. The third-order valence-corrected chi connectivity index (χ3v) is 7.66. The Hall–Kier alpha value is -1.95. The first-order valence-electron chi connectivity index (χ1n) is 10.6. The third-order valence-electron chi connectivity index (χ3n) is 4.99. The molecule has 0 aliphatic heterocycles. The van der Waals surface area contributed by atoms with Crippen molar-refractivity contribution in [2.75, 3.05) is 0 Å². The van der Waals surface area contributed by atoms with Crippen LogP contribution in [-0.2, 0) is 0 Å². The van der Waals surface area contributed by atoms with Crippen LogP contribution >= 0.6 is 85.5 Å². The molecule has 0 fully saturated rings. The molecular weight excluding hydrogens is 701 g/mol. The Morgan fingerprint density at radius 1 is 0.692 bits per heavy atom. The highest BCUT2D eigenvalue weighted by atomic mass is 79.9. The van der Waals surface area contributed by atoms with Crippen molar-refractivity contribution in [1.82, 2.24) is 0 Å². The van der Waals surface area contributed by atoms with E-state index in [1.807, 2.05) is 6.07 Å². The van der Waals surface area contributed by atoms with Crippen molar-refractivity contribution in [3.63, 3.8) is 0 Å². The maximum absolute atomic E-state index is 14.0. The van der Waals surface area contributed by atoms with E-state index in [1.54, 1.807) is 32.0 Å². The largest absolute Gasteiger partial charge is 0.451 e. The molecule has 0 heterocycles. The normalized spacial score (nSPS) is 10.4. The van der Waals surface area contributed by atoms with Crippen LogP contribution in [0, 0.1) is 36.8 Å². The maximum Gasteiger partial charge on any atom is 0.181 e. The second-order valence-corrected chi connectivity index (χ2v) is 11.1. The molecule has 0 aromatic heterocycles. The summed E-state index contributed by atoms with van der Waals surface area (Å²) in [4.78, 5) is 0. The van der Waals surface area contributed by atoms with Crippen molar-refractivity contribution < 1.29 is 18.3 Å². The van der Waals surface area contributed by atoms with Gasteiger partial charge in [0.2, 0.25) is 0 Å². The summed E-state index contributed by atoms with van der Waals surface area (Å²) < 4.78 is 39.4. The second kappa shape index (κ2) is 13.6. The molecule has 202 valence electrons. The molecule has 0 unspecified atom stereocenters. The van der Waals surface area contributed by atoms with Crippen LogP contribution in [0.25, 0.3) is 0 Å². The summed E-state index contributed by atoms with van der Waals surface area (Å²) in [6, 6.07) is 13.9. The molecule has 0 radical (unpaired) electrons. The number of nitriles is 1. The molecule has 12 heteroatoms. The van der Waals surface area contributed by atoms with Gasteiger partial charge in [-0.2, -0.15) is 5.26 Å². The van der Waals surface area contributed by atoms with E-state index in [0.717, 1.165) is 0 Å². The fraction of sp³-hybridized carbons (Fsp3) is 0.0741. The number of aryl methyl sites for hydroxylation is 2. The van der Waals surface area contributed by atoms with Crippen LogP contribution in [0.1, 0.15) is 16.7 Å². The number of benzene rings is 4. The maximum atomic E-state index is 14.0.